The number of halogens is 4. The van der Waals surface area contributed by atoms with Crippen LogP contribution in [0.25, 0.3) is 11.0 Å². The molecule has 0 saturated carbocycles. The molecule has 0 atom stereocenters. The zero-order chi connectivity index (χ0) is 14.3. The van der Waals surface area contributed by atoms with Gasteiger partial charge in [0.2, 0.25) is 0 Å². The van der Waals surface area contributed by atoms with E-state index in [9.17, 15) is 13.2 Å². The average Bonchev–Trinajstić information content (AvgIpc) is 2.76. The van der Waals surface area contributed by atoms with Crippen LogP contribution in [0.2, 0.25) is 5.02 Å². The van der Waals surface area contributed by atoms with Crippen molar-refractivity contribution in [2.24, 2.45) is 0 Å². The number of rotatable bonds is 2. The van der Waals surface area contributed by atoms with Crippen LogP contribution in [0.3, 0.4) is 0 Å². The lowest BCUT2D eigenvalue weighted by atomic mass is 10.2. The molecule has 2 aromatic carbocycles. The number of fused-ring (bicyclic) bond motifs is 1. The molecule has 0 saturated heterocycles. The number of hydrogen-bond donors (Lipinski definition) is 0. The van der Waals surface area contributed by atoms with E-state index in [4.69, 9.17) is 11.6 Å². The Morgan fingerprint density at radius 3 is 2.50 bits per heavy atom. The molecule has 0 aliphatic rings. The molecule has 0 N–H and O–H groups in total. The highest BCUT2D eigenvalue weighted by atomic mass is 35.5. The molecular weight excluding hydrogens is 289 g/mol. The second-order valence-corrected chi connectivity index (χ2v) is 4.80. The summed E-state index contributed by atoms with van der Waals surface area (Å²) in [5, 5.41) is 0.301. The van der Waals surface area contributed by atoms with Crippen LogP contribution in [0.4, 0.5) is 13.2 Å². The molecule has 0 fully saturated rings. The molecule has 0 bridgehead atoms. The summed E-state index contributed by atoms with van der Waals surface area (Å²) in [5.41, 5.74) is 1.11. The first-order chi connectivity index (χ1) is 9.54. The van der Waals surface area contributed by atoms with Crippen LogP contribution in [0, 0.1) is 17.5 Å². The van der Waals surface area contributed by atoms with Gasteiger partial charge in [-0.3, -0.25) is 0 Å². The summed E-state index contributed by atoms with van der Waals surface area (Å²) in [6.07, 6.45) is 1.41. The topological polar surface area (TPSA) is 17.8 Å². The molecule has 1 aromatic heterocycles. The molecule has 1 heterocycles. The van der Waals surface area contributed by atoms with Gasteiger partial charge in [0.1, 0.15) is 5.82 Å². The van der Waals surface area contributed by atoms with E-state index in [0.29, 0.717) is 21.6 Å². The van der Waals surface area contributed by atoms with Gasteiger partial charge in [0.25, 0.3) is 0 Å². The predicted molar refractivity (Wildman–Crippen MR) is 70.2 cm³/mol. The van der Waals surface area contributed by atoms with Gasteiger partial charge in [-0.15, -0.1) is 0 Å². The van der Waals surface area contributed by atoms with E-state index in [0.717, 1.165) is 12.1 Å². The van der Waals surface area contributed by atoms with Gasteiger partial charge in [0.05, 0.1) is 23.9 Å². The van der Waals surface area contributed by atoms with Gasteiger partial charge >= 0.3 is 0 Å². The highest BCUT2D eigenvalue weighted by Crippen LogP contribution is 2.20. The van der Waals surface area contributed by atoms with Gasteiger partial charge in [-0.05, 0) is 12.1 Å². The summed E-state index contributed by atoms with van der Waals surface area (Å²) < 4.78 is 41.6. The molecule has 6 heteroatoms. The fraction of sp³-hybridized carbons (Fsp3) is 0.0714. The average molecular weight is 297 g/mol. The number of hydrogen-bond acceptors (Lipinski definition) is 1. The second-order valence-electron chi connectivity index (χ2n) is 4.36. The van der Waals surface area contributed by atoms with Gasteiger partial charge in [0, 0.05) is 22.7 Å². The van der Waals surface area contributed by atoms with E-state index in [1.54, 1.807) is 16.7 Å². The normalized spacial score (nSPS) is 11.2. The first-order valence-corrected chi connectivity index (χ1v) is 6.16. The minimum Gasteiger partial charge on any atom is -0.326 e. The van der Waals surface area contributed by atoms with Crippen LogP contribution in [-0.4, -0.2) is 9.55 Å². The minimum atomic E-state index is -0.962. The lowest BCUT2D eigenvalue weighted by molar-refractivity contribution is 0.510. The zero-order valence-electron chi connectivity index (χ0n) is 10.1. The van der Waals surface area contributed by atoms with E-state index in [-0.39, 0.29) is 6.54 Å². The largest absolute Gasteiger partial charge is 0.326 e. The molecule has 0 spiro atoms. The Balaban J connectivity index is 2.04. The minimum absolute atomic E-state index is 0.157. The summed E-state index contributed by atoms with van der Waals surface area (Å²) in [6, 6.07) is 6.38. The Morgan fingerprint density at radius 2 is 1.75 bits per heavy atom. The van der Waals surface area contributed by atoms with E-state index in [1.165, 1.54) is 12.4 Å². The summed E-state index contributed by atoms with van der Waals surface area (Å²) in [5.74, 6) is -2.38. The van der Waals surface area contributed by atoms with Gasteiger partial charge in [-0.2, -0.15) is 0 Å². The first-order valence-electron chi connectivity index (χ1n) is 5.78. The van der Waals surface area contributed by atoms with E-state index in [1.807, 2.05) is 0 Å². The van der Waals surface area contributed by atoms with E-state index < -0.39 is 17.5 Å². The van der Waals surface area contributed by atoms with Crippen LogP contribution in [0.5, 0.6) is 0 Å². The number of imidazole rings is 1. The fourth-order valence-electron chi connectivity index (χ4n) is 2.01. The lowest BCUT2D eigenvalue weighted by Gasteiger charge is -2.06. The van der Waals surface area contributed by atoms with Crippen molar-refractivity contribution in [1.29, 1.82) is 0 Å². The monoisotopic (exact) mass is 296 g/mol. The maximum Gasteiger partial charge on any atom is 0.161 e. The van der Waals surface area contributed by atoms with Gasteiger partial charge < -0.3 is 4.57 Å². The molecule has 0 radical (unpaired) electrons. The number of benzene rings is 2. The molecule has 20 heavy (non-hydrogen) atoms. The number of nitrogens with zero attached hydrogens (tertiary/aromatic N) is 2. The standard InChI is InChI=1S/C14H8ClF3N2/c15-9-2-1-8(10(16)3-9)6-20-7-19-13-4-11(17)12(18)5-14(13)20/h1-5,7H,6H2. The first kappa shape index (κ1) is 13.0. The maximum absolute atomic E-state index is 13.7. The molecule has 0 amide bonds. The predicted octanol–water partition coefficient (Wildman–Crippen LogP) is 4.16. The third-order valence-electron chi connectivity index (χ3n) is 3.02. The Kier molecular flexibility index (Phi) is 3.14. The molecule has 0 aliphatic carbocycles. The molecular formula is C14H8ClF3N2. The Labute approximate surface area is 117 Å². The van der Waals surface area contributed by atoms with Crippen molar-refractivity contribution in [2.45, 2.75) is 6.54 Å². The van der Waals surface area contributed by atoms with Crippen LogP contribution >= 0.6 is 11.6 Å². The highest BCUT2D eigenvalue weighted by molar-refractivity contribution is 6.30. The summed E-state index contributed by atoms with van der Waals surface area (Å²) >= 11 is 5.68. The molecule has 0 aliphatic heterocycles. The Hall–Kier alpha value is -2.01. The third kappa shape index (κ3) is 2.25. The molecule has 2 nitrogen and oxygen atoms in total. The molecule has 3 aromatic rings. The molecule has 3 rings (SSSR count). The number of aromatic nitrogens is 2. The van der Waals surface area contributed by atoms with Crippen molar-refractivity contribution in [2.75, 3.05) is 0 Å². The highest BCUT2D eigenvalue weighted by Gasteiger charge is 2.11. The third-order valence-corrected chi connectivity index (χ3v) is 3.25. The van der Waals surface area contributed by atoms with Crippen molar-refractivity contribution < 1.29 is 13.2 Å². The van der Waals surface area contributed by atoms with E-state index in [2.05, 4.69) is 4.98 Å². The van der Waals surface area contributed by atoms with Crippen LogP contribution in [0.15, 0.2) is 36.7 Å². The second kappa shape index (κ2) is 4.83. The zero-order valence-corrected chi connectivity index (χ0v) is 10.8. The maximum atomic E-state index is 13.7. The molecule has 102 valence electrons. The SMILES string of the molecule is Fc1cc2ncn(Cc3ccc(Cl)cc3F)c2cc1F. The Morgan fingerprint density at radius 1 is 1.00 bits per heavy atom. The summed E-state index contributed by atoms with van der Waals surface area (Å²) in [7, 11) is 0. The van der Waals surface area contributed by atoms with Crippen molar-refractivity contribution >= 4 is 22.6 Å². The summed E-state index contributed by atoms with van der Waals surface area (Å²) in [4.78, 5) is 3.97. The van der Waals surface area contributed by atoms with Crippen molar-refractivity contribution in [3.05, 3.63) is 64.7 Å². The Bertz CT molecular complexity index is 798. The van der Waals surface area contributed by atoms with E-state index >= 15 is 0 Å². The fourth-order valence-corrected chi connectivity index (χ4v) is 2.17. The van der Waals surface area contributed by atoms with Crippen molar-refractivity contribution in [1.82, 2.24) is 9.55 Å². The van der Waals surface area contributed by atoms with Crippen molar-refractivity contribution in [3.63, 3.8) is 0 Å². The summed E-state index contributed by atoms with van der Waals surface area (Å²) in [6.45, 7) is 0.157. The quantitative estimate of drug-likeness (QED) is 0.694. The van der Waals surface area contributed by atoms with Crippen LogP contribution in [0.1, 0.15) is 5.56 Å². The van der Waals surface area contributed by atoms with Gasteiger partial charge in [-0.1, -0.05) is 17.7 Å². The van der Waals surface area contributed by atoms with Crippen LogP contribution < -0.4 is 0 Å². The van der Waals surface area contributed by atoms with Crippen LogP contribution in [-0.2, 0) is 6.54 Å². The van der Waals surface area contributed by atoms with Crippen molar-refractivity contribution in [3.8, 4) is 0 Å². The van der Waals surface area contributed by atoms with Gasteiger partial charge in [0.15, 0.2) is 11.6 Å². The van der Waals surface area contributed by atoms with Gasteiger partial charge in [-0.25, -0.2) is 18.2 Å². The lowest BCUT2D eigenvalue weighted by Crippen LogP contribution is -2.01. The smallest absolute Gasteiger partial charge is 0.161 e. The molecule has 0 unspecified atom stereocenters.